The van der Waals surface area contributed by atoms with Crippen molar-refractivity contribution in [2.24, 2.45) is 5.92 Å². The molecule has 0 unspecified atom stereocenters. The Bertz CT molecular complexity index is 632. The molecule has 0 radical (unpaired) electrons. The molecule has 6 nitrogen and oxygen atoms in total. The van der Waals surface area contributed by atoms with Crippen molar-refractivity contribution in [1.29, 1.82) is 0 Å². The lowest BCUT2D eigenvalue weighted by molar-refractivity contribution is -0.137. The van der Waals surface area contributed by atoms with Crippen LogP contribution >= 0.6 is 11.6 Å². The topological polar surface area (TPSA) is 87.3 Å². The van der Waals surface area contributed by atoms with Crippen LogP contribution in [0.2, 0.25) is 5.02 Å². The van der Waals surface area contributed by atoms with Gasteiger partial charge in [-0.25, -0.2) is 0 Å². The molecule has 118 valence electrons. The summed E-state index contributed by atoms with van der Waals surface area (Å²) in [5, 5.41) is 2.06. The van der Waals surface area contributed by atoms with Gasteiger partial charge in [-0.2, -0.15) is 13.2 Å². The highest BCUT2D eigenvalue weighted by Gasteiger charge is 2.35. The monoisotopic (exact) mass is 335 g/mol. The van der Waals surface area contributed by atoms with Crippen molar-refractivity contribution in [3.05, 3.63) is 28.8 Å². The molecule has 22 heavy (non-hydrogen) atoms. The Hall–Kier alpha value is -2.29. The number of halogens is 4. The van der Waals surface area contributed by atoms with E-state index in [2.05, 4.69) is 5.32 Å². The number of nitrogens with one attached hydrogen (secondary N) is 3. The van der Waals surface area contributed by atoms with E-state index in [1.54, 1.807) is 0 Å². The highest BCUT2D eigenvalue weighted by molar-refractivity contribution is 6.33. The van der Waals surface area contributed by atoms with Crippen LogP contribution < -0.4 is 16.2 Å². The second-order valence-electron chi connectivity index (χ2n) is 4.48. The fraction of sp³-hybridized carbons (Fsp3) is 0.250. The molecule has 0 atom stereocenters. The summed E-state index contributed by atoms with van der Waals surface area (Å²) in [6.07, 6.45) is -5.10. The lowest BCUT2D eigenvalue weighted by Crippen LogP contribution is -2.28. The zero-order valence-electron chi connectivity index (χ0n) is 10.8. The molecule has 1 aliphatic rings. The second kappa shape index (κ2) is 5.84. The third kappa shape index (κ3) is 3.48. The average molecular weight is 336 g/mol. The van der Waals surface area contributed by atoms with Crippen LogP contribution in [0.1, 0.15) is 12.0 Å². The van der Waals surface area contributed by atoms with Crippen molar-refractivity contribution < 1.29 is 27.6 Å². The zero-order chi connectivity index (χ0) is 16.5. The van der Waals surface area contributed by atoms with Gasteiger partial charge in [-0.3, -0.25) is 25.2 Å². The van der Waals surface area contributed by atoms with Gasteiger partial charge in [0.1, 0.15) is 5.92 Å². The molecule has 0 aromatic heterocycles. The van der Waals surface area contributed by atoms with Gasteiger partial charge in [0.25, 0.3) is 11.8 Å². The van der Waals surface area contributed by atoms with Crippen LogP contribution in [0.15, 0.2) is 18.2 Å². The molecule has 3 amide bonds. The van der Waals surface area contributed by atoms with Gasteiger partial charge in [-0.15, -0.1) is 0 Å². The predicted molar refractivity (Wildman–Crippen MR) is 69.5 cm³/mol. The number of amides is 3. The lowest BCUT2D eigenvalue weighted by atomic mass is 10.1. The van der Waals surface area contributed by atoms with Crippen LogP contribution in [-0.4, -0.2) is 17.7 Å². The van der Waals surface area contributed by atoms with Gasteiger partial charge < -0.3 is 5.32 Å². The average Bonchev–Trinajstić information content (AvgIpc) is 2.72. The van der Waals surface area contributed by atoms with Gasteiger partial charge in [-0.1, -0.05) is 11.6 Å². The van der Waals surface area contributed by atoms with Crippen molar-refractivity contribution in [2.45, 2.75) is 12.6 Å². The number of carbonyl (C=O) groups excluding carboxylic acids is 3. The maximum absolute atomic E-state index is 12.6. The summed E-state index contributed by atoms with van der Waals surface area (Å²) < 4.78 is 37.8. The molecule has 1 saturated heterocycles. The van der Waals surface area contributed by atoms with Crippen molar-refractivity contribution >= 4 is 35.0 Å². The molecule has 10 heteroatoms. The van der Waals surface area contributed by atoms with Gasteiger partial charge in [-0.05, 0) is 18.2 Å². The van der Waals surface area contributed by atoms with Crippen molar-refractivity contribution in [3.63, 3.8) is 0 Å². The quantitative estimate of drug-likeness (QED) is 0.731. The first kappa shape index (κ1) is 16.1. The highest BCUT2D eigenvalue weighted by atomic mass is 35.5. The van der Waals surface area contributed by atoms with Crippen LogP contribution in [0, 0.1) is 5.92 Å². The molecular formula is C12H9ClF3N3O3. The van der Waals surface area contributed by atoms with Crippen molar-refractivity contribution in [2.75, 3.05) is 5.32 Å². The zero-order valence-corrected chi connectivity index (χ0v) is 11.5. The number of hydrazine groups is 1. The van der Waals surface area contributed by atoms with E-state index < -0.39 is 41.8 Å². The van der Waals surface area contributed by atoms with E-state index in [1.165, 1.54) is 0 Å². The maximum atomic E-state index is 12.6. The van der Waals surface area contributed by atoms with Crippen molar-refractivity contribution in [3.8, 4) is 0 Å². The fourth-order valence-electron chi connectivity index (χ4n) is 1.79. The first-order valence-electron chi connectivity index (χ1n) is 5.95. The molecule has 1 aromatic rings. The summed E-state index contributed by atoms with van der Waals surface area (Å²) in [5.41, 5.74) is 2.84. The third-order valence-corrected chi connectivity index (χ3v) is 3.23. The van der Waals surface area contributed by atoms with Crippen molar-refractivity contribution in [1.82, 2.24) is 10.9 Å². The standard InChI is InChI=1S/C12H9ClF3N3O3/c13-7-2-1-5(12(14,15)16)3-8(7)17-9(20)4-6-10(21)18-19-11(6)22/h1-3,6H,4H2,(H,17,20)(H,18,21)(H,19,22). The van der Waals surface area contributed by atoms with Crippen LogP contribution in [-0.2, 0) is 20.6 Å². The van der Waals surface area contributed by atoms with Gasteiger partial charge in [0.2, 0.25) is 5.91 Å². The summed E-state index contributed by atoms with van der Waals surface area (Å²) in [7, 11) is 0. The minimum absolute atomic E-state index is 0.0957. The highest BCUT2D eigenvalue weighted by Crippen LogP contribution is 2.33. The molecular weight excluding hydrogens is 327 g/mol. The first-order valence-corrected chi connectivity index (χ1v) is 6.32. The molecule has 1 heterocycles. The summed E-state index contributed by atoms with van der Waals surface area (Å²) in [5.74, 6) is -3.41. The van der Waals surface area contributed by atoms with Gasteiger partial charge in [0, 0.05) is 6.42 Å². The third-order valence-electron chi connectivity index (χ3n) is 2.90. The molecule has 2 rings (SSSR count). The minimum Gasteiger partial charge on any atom is -0.325 e. The summed E-state index contributed by atoms with van der Waals surface area (Å²) in [4.78, 5) is 34.3. The molecule has 0 aliphatic carbocycles. The lowest BCUT2D eigenvalue weighted by Gasteiger charge is -2.12. The number of hydrogen-bond acceptors (Lipinski definition) is 3. The molecule has 1 aliphatic heterocycles. The minimum atomic E-state index is -4.59. The Morgan fingerprint density at radius 1 is 1.23 bits per heavy atom. The Kier molecular flexibility index (Phi) is 4.27. The number of alkyl halides is 3. The van der Waals surface area contributed by atoms with Gasteiger partial charge in [0.05, 0.1) is 16.3 Å². The van der Waals surface area contributed by atoms with Gasteiger partial charge in [0.15, 0.2) is 0 Å². The molecule has 1 aromatic carbocycles. The van der Waals surface area contributed by atoms with Crippen LogP contribution in [0.3, 0.4) is 0 Å². The van der Waals surface area contributed by atoms with E-state index in [4.69, 9.17) is 11.6 Å². The van der Waals surface area contributed by atoms with E-state index in [-0.39, 0.29) is 10.7 Å². The Morgan fingerprint density at radius 2 is 1.82 bits per heavy atom. The van der Waals surface area contributed by atoms with Crippen LogP contribution in [0.25, 0.3) is 0 Å². The normalized spacial score (nSPS) is 15.5. The summed E-state index contributed by atoms with van der Waals surface area (Å²) in [6.45, 7) is 0. The molecule has 0 saturated carbocycles. The Labute approximate surface area is 127 Å². The van der Waals surface area contributed by atoms with E-state index in [9.17, 15) is 27.6 Å². The van der Waals surface area contributed by atoms with Crippen LogP contribution in [0.5, 0.6) is 0 Å². The molecule has 0 bridgehead atoms. The van der Waals surface area contributed by atoms with E-state index >= 15 is 0 Å². The van der Waals surface area contributed by atoms with E-state index in [0.29, 0.717) is 6.07 Å². The van der Waals surface area contributed by atoms with Crippen LogP contribution in [0.4, 0.5) is 18.9 Å². The summed E-state index contributed by atoms with van der Waals surface area (Å²) in [6, 6.07) is 2.44. The number of carbonyl (C=O) groups is 3. The number of hydrogen-bond donors (Lipinski definition) is 3. The fourth-order valence-corrected chi connectivity index (χ4v) is 1.95. The van der Waals surface area contributed by atoms with Gasteiger partial charge >= 0.3 is 6.18 Å². The SMILES string of the molecule is O=C(CC1C(=O)NNC1=O)Nc1cc(C(F)(F)F)ccc1Cl. The number of rotatable bonds is 3. The smallest absolute Gasteiger partial charge is 0.325 e. The maximum Gasteiger partial charge on any atom is 0.416 e. The summed E-state index contributed by atoms with van der Waals surface area (Å²) >= 11 is 5.72. The number of anilines is 1. The molecule has 0 spiro atoms. The molecule has 3 N–H and O–H groups in total. The van der Waals surface area contributed by atoms with E-state index in [1.807, 2.05) is 10.9 Å². The Balaban J connectivity index is 2.11. The number of benzene rings is 1. The largest absolute Gasteiger partial charge is 0.416 e. The Morgan fingerprint density at radius 3 is 2.36 bits per heavy atom. The first-order chi connectivity index (χ1) is 10.2. The van der Waals surface area contributed by atoms with E-state index in [0.717, 1.165) is 12.1 Å². The second-order valence-corrected chi connectivity index (χ2v) is 4.88. The predicted octanol–water partition coefficient (Wildman–Crippen LogP) is 1.46. The molecule has 1 fully saturated rings.